The number of thioether (sulfide) groups is 1. The number of amides is 1. The molecule has 1 saturated heterocycles. The van der Waals surface area contributed by atoms with Gasteiger partial charge in [0.15, 0.2) is 0 Å². The van der Waals surface area contributed by atoms with Crippen LogP contribution in [0, 0.1) is 0 Å². The Labute approximate surface area is 166 Å². The second-order valence-electron chi connectivity index (χ2n) is 6.85. The van der Waals surface area contributed by atoms with E-state index in [2.05, 4.69) is 51.8 Å². The zero-order valence-electron chi connectivity index (χ0n) is 15.8. The smallest absolute Gasteiger partial charge is 0.252 e. The number of rotatable bonds is 7. The second kappa shape index (κ2) is 10.3. The number of benzene rings is 2. The van der Waals surface area contributed by atoms with Crippen LogP contribution >= 0.6 is 11.8 Å². The number of piperidine rings is 1. The molecule has 2 aromatic rings. The van der Waals surface area contributed by atoms with E-state index >= 15 is 0 Å². The Kier molecular flexibility index (Phi) is 7.48. The second-order valence-corrected chi connectivity index (χ2v) is 8.18. The predicted molar refractivity (Wildman–Crippen MR) is 114 cm³/mol. The van der Waals surface area contributed by atoms with E-state index < -0.39 is 0 Å². The van der Waals surface area contributed by atoms with E-state index in [-0.39, 0.29) is 11.2 Å². The first kappa shape index (κ1) is 19.6. The van der Waals surface area contributed by atoms with Crippen molar-refractivity contribution in [3.63, 3.8) is 0 Å². The van der Waals surface area contributed by atoms with Gasteiger partial charge in [-0.05, 0) is 18.1 Å². The van der Waals surface area contributed by atoms with Crippen LogP contribution in [0.15, 0.2) is 65.8 Å². The molecule has 5 heteroatoms. The average molecular weight is 382 g/mol. The Morgan fingerprint density at radius 3 is 2.26 bits per heavy atom. The van der Waals surface area contributed by atoms with Gasteiger partial charge in [0.1, 0.15) is 0 Å². The highest BCUT2D eigenvalue weighted by molar-refractivity contribution is 7.99. The maximum Gasteiger partial charge on any atom is 0.252 e. The average Bonchev–Trinajstić information content (AvgIpc) is 2.73. The maximum absolute atomic E-state index is 12.3. The molecule has 0 unspecified atom stereocenters. The van der Waals surface area contributed by atoms with Gasteiger partial charge >= 0.3 is 0 Å². The number of nitrogens with zero attached hydrogens (tertiary/aromatic N) is 2. The fourth-order valence-electron chi connectivity index (χ4n) is 3.02. The van der Waals surface area contributed by atoms with Crippen LogP contribution in [0.1, 0.15) is 30.9 Å². The molecule has 1 N–H and O–H groups in total. The summed E-state index contributed by atoms with van der Waals surface area (Å²) in [5.41, 5.74) is 6.43. The molecule has 1 atom stereocenters. The number of hydrogen-bond donors (Lipinski definition) is 1. The van der Waals surface area contributed by atoms with E-state index in [0.717, 1.165) is 43.9 Å². The van der Waals surface area contributed by atoms with Gasteiger partial charge < -0.3 is 0 Å². The van der Waals surface area contributed by atoms with Crippen molar-refractivity contribution < 1.29 is 4.79 Å². The van der Waals surface area contributed by atoms with Crippen molar-refractivity contribution in [2.24, 2.45) is 5.10 Å². The Balaban J connectivity index is 1.38. The minimum Gasteiger partial charge on any atom is -0.298 e. The Bertz CT molecular complexity index is 739. The molecule has 3 rings (SSSR count). The lowest BCUT2D eigenvalue weighted by Crippen LogP contribution is -2.35. The molecule has 0 radical (unpaired) electrons. The van der Waals surface area contributed by atoms with Crippen molar-refractivity contribution in [2.75, 3.05) is 13.1 Å². The molecule has 0 saturated carbocycles. The SMILES string of the molecule is C[C@@H](SCc1ccccc1)C(=O)NN=C1CCN(Cc2ccccc2)CC1. The first-order valence-electron chi connectivity index (χ1n) is 9.48. The summed E-state index contributed by atoms with van der Waals surface area (Å²) >= 11 is 1.64. The first-order valence-corrected chi connectivity index (χ1v) is 10.5. The zero-order chi connectivity index (χ0) is 18.9. The van der Waals surface area contributed by atoms with E-state index in [4.69, 9.17) is 0 Å². The Morgan fingerprint density at radius 1 is 1.04 bits per heavy atom. The summed E-state index contributed by atoms with van der Waals surface area (Å²) in [7, 11) is 0. The quantitative estimate of drug-likeness (QED) is 0.735. The van der Waals surface area contributed by atoms with Crippen molar-refractivity contribution in [3.8, 4) is 0 Å². The van der Waals surface area contributed by atoms with Crippen LogP contribution in [0.3, 0.4) is 0 Å². The highest BCUT2D eigenvalue weighted by Gasteiger charge is 2.17. The number of hydrogen-bond acceptors (Lipinski definition) is 4. The molecule has 4 nitrogen and oxygen atoms in total. The Hall–Kier alpha value is -2.11. The largest absolute Gasteiger partial charge is 0.298 e. The van der Waals surface area contributed by atoms with Gasteiger partial charge in [-0.2, -0.15) is 5.10 Å². The van der Waals surface area contributed by atoms with Gasteiger partial charge in [0.2, 0.25) is 0 Å². The molecule has 0 aromatic heterocycles. The van der Waals surface area contributed by atoms with Gasteiger partial charge in [-0.25, -0.2) is 5.43 Å². The molecule has 0 bridgehead atoms. The fourth-order valence-corrected chi connectivity index (χ4v) is 3.86. The molecule has 1 amide bonds. The summed E-state index contributed by atoms with van der Waals surface area (Å²) < 4.78 is 0. The molecule has 1 heterocycles. The summed E-state index contributed by atoms with van der Waals surface area (Å²) in [6.45, 7) is 4.89. The lowest BCUT2D eigenvalue weighted by atomic mass is 10.1. The molecule has 0 aliphatic carbocycles. The molecule has 0 spiro atoms. The standard InChI is InChI=1S/C22H27N3OS/c1-18(27-17-20-10-6-3-7-11-20)22(26)24-23-21-12-14-25(15-13-21)16-19-8-4-2-5-9-19/h2-11,18H,12-17H2,1H3,(H,24,26)/t18-/m1/s1. The lowest BCUT2D eigenvalue weighted by Gasteiger charge is -2.27. The van der Waals surface area contributed by atoms with Crippen molar-refractivity contribution in [1.29, 1.82) is 0 Å². The normalized spacial score (nSPS) is 16.0. The fraction of sp³-hybridized carbons (Fsp3) is 0.364. The lowest BCUT2D eigenvalue weighted by molar-refractivity contribution is -0.120. The third kappa shape index (κ3) is 6.52. The van der Waals surface area contributed by atoms with E-state index in [9.17, 15) is 4.79 Å². The molecule has 1 fully saturated rings. The number of carbonyl (C=O) groups excluding carboxylic acids is 1. The van der Waals surface area contributed by atoms with Gasteiger partial charge in [-0.1, -0.05) is 60.7 Å². The van der Waals surface area contributed by atoms with Gasteiger partial charge in [-0.3, -0.25) is 9.69 Å². The molecule has 1 aliphatic heterocycles. The number of carbonyl (C=O) groups is 1. The highest BCUT2D eigenvalue weighted by Crippen LogP contribution is 2.17. The number of hydrazone groups is 1. The predicted octanol–water partition coefficient (Wildman–Crippen LogP) is 4.08. The van der Waals surface area contributed by atoms with Crippen molar-refractivity contribution in [1.82, 2.24) is 10.3 Å². The summed E-state index contributed by atoms with van der Waals surface area (Å²) in [5.74, 6) is 0.815. The van der Waals surface area contributed by atoms with E-state index in [1.54, 1.807) is 11.8 Å². The van der Waals surface area contributed by atoms with E-state index in [1.165, 1.54) is 11.1 Å². The third-order valence-corrected chi connectivity index (χ3v) is 5.93. The number of likely N-dealkylation sites (tertiary alicyclic amines) is 1. The molecule has 27 heavy (non-hydrogen) atoms. The van der Waals surface area contributed by atoms with Crippen LogP contribution in [0.2, 0.25) is 0 Å². The zero-order valence-corrected chi connectivity index (χ0v) is 16.6. The summed E-state index contributed by atoms with van der Waals surface area (Å²) in [6.07, 6.45) is 1.83. The van der Waals surface area contributed by atoms with Gasteiger partial charge in [0, 0.05) is 43.9 Å². The number of nitrogens with one attached hydrogen (secondary N) is 1. The minimum atomic E-state index is -0.118. The molecular weight excluding hydrogens is 354 g/mol. The molecule has 1 aliphatic rings. The molecular formula is C22H27N3OS. The van der Waals surface area contributed by atoms with Crippen LogP contribution in [-0.2, 0) is 17.1 Å². The van der Waals surface area contributed by atoms with Crippen molar-refractivity contribution in [3.05, 3.63) is 71.8 Å². The van der Waals surface area contributed by atoms with Crippen LogP contribution in [-0.4, -0.2) is 34.9 Å². The van der Waals surface area contributed by atoms with Crippen molar-refractivity contribution in [2.45, 2.75) is 37.3 Å². The van der Waals surface area contributed by atoms with Crippen LogP contribution in [0.4, 0.5) is 0 Å². The maximum atomic E-state index is 12.3. The van der Waals surface area contributed by atoms with E-state index in [1.807, 2.05) is 31.2 Å². The monoisotopic (exact) mass is 381 g/mol. The molecule has 142 valence electrons. The van der Waals surface area contributed by atoms with E-state index in [0.29, 0.717) is 0 Å². The van der Waals surface area contributed by atoms with Crippen molar-refractivity contribution >= 4 is 23.4 Å². The topological polar surface area (TPSA) is 44.7 Å². The first-order chi connectivity index (χ1) is 13.2. The van der Waals surface area contributed by atoms with Crippen LogP contribution < -0.4 is 5.43 Å². The summed E-state index contributed by atoms with van der Waals surface area (Å²) in [5, 5.41) is 4.26. The summed E-state index contributed by atoms with van der Waals surface area (Å²) in [6, 6.07) is 20.8. The molecule has 2 aromatic carbocycles. The van der Waals surface area contributed by atoms with Crippen LogP contribution in [0.5, 0.6) is 0 Å². The minimum absolute atomic E-state index is 0.0184. The van der Waals surface area contributed by atoms with Gasteiger partial charge in [-0.15, -0.1) is 11.8 Å². The van der Waals surface area contributed by atoms with Gasteiger partial charge in [0.25, 0.3) is 5.91 Å². The summed E-state index contributed by atoms with van der Waals surface area (Å²) in [4.78, 5) is 14.7. The Morgan fingerprint density at radius 2 is 1.63 bits per heavy atom. The van der Waals surface area contributed by atoms with Gasteiger partial charge in [0.05, 0.1) is 5.25 Å². The van der Waals surface area contributed by atoms with Crippen LogP contribution in [0.25, 0.3) is 0 Å². The highest BCUT2D eigenvalue weighted by atomic mass is 32.2. The third-order valence-electron chi connectivity index (χ3n) is 4.72.